The van der Waals surface area contributed by atoms with Crippen LogP contribution in [0.1, 0.15) is 53.4 Å². The molecule has 0 spiro atoms. The molecule has 2 fully saturated rings. The average Bonchev–Trinajstić information content (AvgIpc) is 4.20. The summed E-state index contributed by atoms with van der Waals surface area (Å²) in [5, 5.41) is 31.6. The number of likely N-dealkylation sites (tertiary alicyclic amines) is 2. The van der Waals surface area contributed by atoms with Gasteiger partial charge in [0, 0.05) is 22.9 Å². The van der Waals surface area contributed by atoms with Gasteiger partial charge in [-0.3, -0.25) is 24.2 Å². The zero-order chi connectivity index (χ0) is 48.4. The third kappa shape index (κ3) is 14.4. The quantitative estimate of drug-likeness (QED) is 0.0826. The molecule has 0 aliphatic carbocycles. The number of hydrazone groups is 1. The number of carbonyl (C=O) groups is 4. The van der Waals surface area contributed by atoms with Crippen molar-refractivity contribution in [3.8, 4) is 23.7 Å². The molecule has 364 valence electrons. The fraction of sp³-hybridized carbons (Fsp3) is 0.522. The van der Waals surface area contributed by atoms with Gasteiger partial charge in [-0.1, -0.05) is 48.2 Å². The number of carbonyl (C=O) groups excluding carboxylic acids is 4. The molecule has 1 aromatic heterocycles. The first-order chi connectivity index (χ1) is 33.0. The fourth-order valence-corrected chi connectivity index (χ4v) is 9.32. The molecule has 3 aliphatic heterocycles. The monoisotopic (exact) mass is 970 g/mol. The number of hydrazine groups is 2. The molecule has 2 unspecified atom stereocenters. The Morgan fingerprint density at radius 2 is 1.24 bits per heavy atom. The van der Waals surface area contributed by atoms with E-state index in [4.69, 9.17) is 9.47 Å². The Labute approximate surface area is 406 Å². The summed E-state index contributed by atoms with van der Waals surface area (Å²) in [6, 6.07) is 16.3. The number of rotatable bonds is 21. The second-order valence-electron chi connectivity index (χ2n) is 16.5. The first-order valence-corrected chi connectivity index (χ1v) is 24.4. The van der Waals surface area contributed by atoms with Gasteiger partial charge in [-0.2, -0.15) is 0 Å². The summed E-state index contributed by atoms with van der Waals surface area (Å²) in [6.07, 6.45) is 1.66. The summed E-state index contributed by atoms with van der Waals surface area (Å²) in [6.45, 7) is 8.69. The van der Waals surface area contributed by atoms with Crippen molar-refractivity contribution in [2.75, 3.05) is 46.9 Å². The summed E-state index contributed by atoms with van der Waals surface area (Å²) in [7, 11) is 3.35. The zero-order valence-corrected chi connectivity index (χ0v) is 40.9. The third-order valence-electron chi connectivity index (χ3n) is 11.9. The molecule has 2 saturated heterocycles. The number of amides is 4. The number of likely N-dealkylation sites (N-methyl/N-ethyl adjacent to an activating group) is 2. The van der Waals surface area contributed by atoms with Gasteiger partial charge in [0.15, 0.2) is 0 Å². The van der Waals surface area contributed by atoms with Crippen LogP contribution in [-0.2, 0) is 35.2 Å². The molecule has 0 saturated carbocycles. The molecule has 20 nitrogen and oxygen atoms in total. The van der Waals surface area contributed by atoms with Crippen molar-refractivity contribution < 1.29 is 28.7 Å². The second-order valence-corrected chi connectivity index (χ2v) is 18.6. The van der Waals surface area contributed by atoms with Gasteiger partial charge in [0.25, 0.3) is 0 Å². The number of hydrogen-bond acceptors (Lipinski definition) is 17. The predicted octanol–water partition coefficient (Wildman–Crippen LogP) is 1.20. The molecule has 4 amide bonds. The number of hydrogen-bond donors (Lipinski definition) is 6. The maximum absolute atomic E-state index is 14.3. The molecule has 3 aromatic rings. The van der Waals surface area contributed by atoms with Gasteiger partial charge < -0.3 is 40.5 Å². The van der Waals surface area contributed by atoms with E-state index in [0.29, 0.717) is 31.3 Å². The highest BCUT2D eigenvalue weighted by Gasteiger charge is 2.40. The second kappa shape index (κ2) is 26.1. The van der Waals surface area contributed by atoms with E-state index in [1.54, 1.807) is 51.4 Å². The SMILES string of the molecule is CN[C@@H](C)C(=O)N[C@H](C(=O)N1CCC[C@H]1CN1NNN=C1Sc1ccccc1)C(C)OCC#CC#CCOC(C)[C@H](NC(=O)[C@H](C)NC)C(=O)N1CCC[C@H]1Cn1nnnc1Sc1ccccc1. The fourth-order valence-electron chi connectivity index (χ4n) is 7.69. The van der Waals surface area contributed by atoms with Gasteiger partial charge >= 0.3 is 0 Å². The largest absolute Gasteiger partial charge is 0.363 e. The van der Waals surface area contributed by atoms with Crippen LogP contribution in [0.15, 0.2) is 80.7 Å². The van der Waals surface area contributed by atoms with E-state index in [1.807, 2.05) is 70.6 Å². The number of tetrazole rings is 1. The molecule has 6 rings (SSSR count). The molecule has 2 aromatic carbocycles. The van der Waals surface area contributed by atoms with E-state index in [9.17, 15) is 19.2 Å². The first kappa shape index (κ1) is 51.7. The number of thioether (sulfide) groups is 1. The van der Waals surface area contributed by atoms with Gasteiger partial charge in [0.1, 0.15) is 25.3 Å². The Bertz CT molecular complexity index is 2300. The number of nitrogens with one attached hydrogen (secondary N) is 6. The maximum atomic E-state index is 14.3. The van der Waals surface area contributed by atoms with Crippen LogP contribution >= 0.6 is 23.5 Å². The summed E-state index contributed by atoms with van der Waals surface area (Å²) >= 11 is 2.95. The average molecular weight is 971 g/mol. The molecule has 3 aliphatic rings. The summed E-state index contributed by atoms with van der Waals surface area (Å²) in [4.78, 5) is 60.4. The lowest BCUT2D eigenvalue weighted by atomic mass is 10.1. The number of nitrogens with zero attached hydrogens (tertiary/aromatic N) is 8. The van der Waals surface area contributed by atoms with E-state index in [0.717, 1.165) is 40.6 Å². The highest BCUT2D eigenvalue weighted by atomic mass is 32.2. The normalized spacial score (nSPS) is 19.3. The van der Waals surface area contributed by atoms with Crippen LogP contribution in [0.2, 0.25) is 0 Å². The molecule has 0 bridgehead atoms. The molecule has 8 atom stereocenters. The lowest BCUT2D eigenvalue weighted by Crippen LogP contribution is -2.59. The van der Waals surface area contributed by atoms with Crippen LogP contribution in [0, 0.1) is 23.7 Å². The van der Waals surface area contributed by atoms with Crippen LogP contribution in [-0.4, -0.2) is 159 Å². The van der Waals surface area contributed by atoms with Gasteiger partial charge in [-0.15, -0.1) is 15.7 Å². The molecule has 4 heterocycles. The van der Waals surface area contributed by atoms with Crippen molar-refractivity contribution in [2.24, 2.45) is 5.10 Å². The standard InChI is InChI=1S/C46H62N14O6S2/c1-31(47-5)41(61)49-39(43(63)57-25-17-19-35(57)29-59-45(51-53-55-59)67-37-21-11-9-12-22-37)33(3)65-27-15-7-8-16-28-66-34(4)40(50-42(62)32(2)48-6)44(64)58-26-18-20-36(58)30-60-46(52-54-56-60)68-38-23-13-10-14-24-38/h9-14,21-24,31-36,39-40,47-48,53,55H,17-20,25-30H2,1-6H3,(H,49,61)(H,50,62)/t31-,32-,33?,34?,35-,36-,39-,40-/m0/s1. The summed E-state index contributed by atoms with van der Waals surface area (Å²) in [5.74, 6) is 10.1. The van der Waals surface area contributed by atoms with Crippen molar-refractivity contribution in [1.29, 1.82) is 0 Å². The Morgan fingerprint density at radius 1 is 0.735 bits per heavy atom. The highest BCUT2D eigenvalue weighted by Crippen LogP contribution is 2.28. The lowest BCUT2D eigenvalue weighted by Gasteiger charge is -2.34. The number of aromatic nitrogens is 4. The molecular weight excluding hydrogens is 909 g/mol. The molecule has 68 heavy (non-hydrogen) atoms. The first-order valence-electron chi connectivity index (χ1n) is 22.8. The smallest absolute Gasteiger partial charge is 0.248 e. The molecule has 6 N–H and O–H groups in total. The Kier molecular flexibility index (Phi) is 19.9. The third-order valence-corrected chi connectivity index (χ3v) is 13.8. The molecule has 22 heteroatoms. The van der Waals surface area contributed by atoms with Crippen LogP contribution in [0.4, 0.5) is 0 Å². The highest BCUT2D eigenvalue weighted by molar-refractivity contribution is 8.13. The van der Waals surface area contributed by atoms with Gasteiger partial charge in [0.05, 0.1) is 49.5 Å². The minimum atomic E-state index is -0.990. The summed E-state index contributed by atoms with van der Waals surface area (Å²) < 4.78 is 13.8. The number of amidine groups is 1. The van der Waals surface area contributed by atoms with Gasteiger partial charge in [-0.05, 0) is 138 Å². The minimum Gasteiger partial charge on any atom is -0.363 e. The van der Waals surface area contributed by atoms with E-state index >= 15 is 0 Å². The molecular formula is C46H62N14O6S2. The Balaban J connectivity index is 1.03. The van der Waals surface area contributed by atoms with Crippen molar-refractivity contribution in [2.45, 2.75) is 123 Å². The minimum absolute atomic E-state index is 0.0575. The van der Waals surface area contributed by atoms with E-state index in [2.05, 4.69) is 76.6 Å². The topological polar surface area (TPSA) is 225 Å². The molecule has 0 radical (unpaired) electrons. The van der Waals surface area contributed by atoms with E-state index < -0.39 is 36.4 Å². The van der Waals surface area contributed by atoms with Gasteiger partial charge in [0.2, 0.25) is 34.0 Å². The van der Waals surface area contributed by atoms with E-state index in [-0.39, 0.29) is 48.9 Å². The van der Waals surface area contributed by atoms with Crippen molar-refractivity contribution in [1.82, 2.24) is 67.4 Å². The maximum Gasteiger partial charge on any atom is 0.248 e. The van der Waals surface area contributed by atoms with Gasteiger partial charge in [-0.25, -0.2) is 10.2 Å². The number of benzene rings is 2. The zero-order valence-electron chi connectivity index (χ0n) is 39.3. The Morgan fingerprint density at radius 3 is 1.75 bits per heavy atom. The van der Waals surface area contributed by atoms with Crippen LogP contribution < -0.4 is 32.3 Å². The van der Waals surface area contributed by atoms with Crippen LogP contribution in [0.5, 0.6) is 0 Å². The summed E-state index contributed by atoms with van der Waals surface area (Å²) in [5.41, 5.74) is 5.90. The van der Waals surface area contributed by atoms with Crippen LogP contribution in [0.25, 0.3) is 0 Å². The number of ether oxygens (including phenoxy) is 2. The van der Waals surface area contributed by atoms with Crippen molar-refractivity contribution >= 4 is 52.3 Å². The Hall–Kier alpha value is -5.72. The van der Waals surface area contributed by atoms with Crippen molar-refractivity contribution in [3.63, 3.8) is 0 Å². The lowest BCUT2D eigenvalue weighted by molar-refractivity contribution is -0.141. The predicted molar refractivity (Wildman–Crippen MR) is 258 cm³/mol. The van der Waals surface area contributed by atoms with Crippen molar-refractivity contribution in [3.05, 3.63) is 60.7 Å². The van der Waals surface area contributed by atoms with Crippen LogP contribution in [0.3, 0.4) is 0 Å². The van der Waals surface area contributed by atoms with E-state index in [1.165, 1.54) is 23.5 Å².